The van der Waals surface area contributed by atoms with Gasteiger partial charge in [0, 0.05) is 40.4 Å². The first-order chi connectivity index (χ1) is 28.3. The van der Waals surface area contributed by atoms with Crippen molar-refractivity contribution in [3.8, 4) is 11.1 Å². The van der Waals surface area contributed by atoms with Gasteiger partial charge in [-0.25, -0.2) is 0 Å². The first kappa shape index (κ1) is 33.7. The van der Waals surface area contributed by atoms with Gasteiger partial charge < -0.3 is 9.80 Å². The highest BCUT2D eigenvalue weighted by molar-refractivity contribution is 5.88. The van der Waals surface area contributed by atoms with Gasteiger partial charge in [0.25, 0.3) is 0 Å². The Morgan fingerprint density at radius 1 is 0.561 bits per heavy atom. The Kier molecular flexibility index (Phi) is 8.17. The van der Waals surface area contributed by atoms with Crippen LogP contribution in [0.4, 0.5) is 28.4 Å². The van der Waals surface area contributed by atoms with Gasteiger partial charge in [-0.1, -0.05) is 158 Å². The number of anilines is 5. The van der Waals surface area contributed by atoms with Crippen molar-refractivity contribution in [1.29, 1.82) is 0 Å². The number of nitrogens with zero attached hydrogens (tertiary/aromatic N) is 2. The van der Waals surface area contributed by atoms with Crippen molar-refractivity contribution >= 4 is 34.0 Å². The molecule has 0 spiro atoms. The van der Waals surface area contributed by atoms with Crippen LogP contribution >= 0.6 is 0 Å². The Balaban J connectivity index is 1.00. The fourth-order valence-corrected chi connectivity index (χ4v) is 10.6. The van der Waals surface area contributed by atoms with Crippen molar-refractivity contribution < 1.29 is 0 Å². The van der Waals surface area contributed by atoms with E-state index in [2.05, 4.69) is 222 Å². The lowest BCUT2D eigenvalue weighted by atomic mass is 9.62. The Morgan fingerprint density at radius 3 is 2.02 bits per heavy atom. The van der Waals surface area contributed by atoms with E-state index in [0.717, 1.165) is 30.6 Å². The van der Waals surface area contributed by atoms with Gasteiger partial charge in [-0.3, -0.25) is 0 Å². The zero-order valence-electron chi connectivity index (χ0n) is 32.0. The maximum Gasteiger partial charge on any atom is 0.0529 e. The summed E-state index contributed by atoms with van der Waals surface area (Å²) >= 11 is 0. The number of fused-ring (bicyclic) bond motifs is 6. The molecule has 0 fully saturated rings. The summed E-state index contributed by atoms with van der Waals surface area (Å²) < 4.78 is 0. The topological polar surface area (TPSA) is 6.48 Å². The molecule has 1 heterocycles. The van der Waals surface area contributed by atoms with Crippen molar-refractivity contribution in [3.05, 3.63) is 240 Å². The summed E-state index contributed by atoms with van der Waals surface area (Å²) in [6.07, 6.45) is 14.9. The molecule has 2 nitrogen and oxygen atoms in total. The minimum absolute atomic E-state index is 0.280. The molecule has 57 heavy (non-hydrogen) atoms. The van der Waals surface area contributed by atoms with Crippen LogP contribution in [0.3, 0.4) is 0 Å². The number of allylic oxidation sites excluding steroid dienone is 5. The highest BCUT2D eigenvalue weighted by Gasteiger charge is 2.49. The summed E-state index contributed by atoms with van der Waals surface area (Å²) in [6.45, 7) is 0. The van der Waals surface area contributed by atoms with E-state index >= 15 is 0 Å². The van der Waals surface area contributed by atoms with Crippen molar-refractivity contribution in [3.63, 3.8) is 0 Å². The molecule has 274 valence electrons. The molecule has 0 amide bonds. The van der Waals surface area contributed by atoms with E-state index in [1.54, 1.807) is 0 Å². The SMILES string of the molecule is C1=CCC(C2(c3ccccc3)c3ccccc3-c3ccc(N(c4ccccc4)c4ccc(C5=CC6c7ccccc7N(c7ccccc7)C6CC5)cc4)cc32)C=C1. The van der Waals surface area contributed by atoms with E-state index in [-0.39, 0.29) is 11.3 Å². The van der Waals surface area contributed by atoms with Crippen LogP contribution in [0.2, 0.25) is 0 Å². The van der Waals surface area contributed by atoms with Crippen molar-refractivity contribution in [2.75, 3.05) is 9.80 Å². The molecule has 0 bridgehead atoms. The Morgan fingerprint density at radius 2 is 1.23 bits per heavy atom. The Bertz CT molecular complexity index is 2670. The predicted molar refractivity (Wildman–Crippen MR) is 238 cm³/mol. The van der Waals surface area contributed by atoms with E-state index in [1.807, 2.05) is 0 Å². The van der Waals surface area contributed by atoms with Gasteiger partial charge in [0.15, 0.2) is 0 Å². The monoisotopic (exact) mass is 732 g/mol. The normalized spacial score (nSPS) is 21.3. The van der Waals surface area contributed by atoms with Crippen molar-refractivity contribution in [2.45, 2.75) is 36.6 Å². The highest BCUT2D eigenvalue weighted by atomic mass is 15.2. The molecule has 0 saturated carbocycles. The van der Waals surface area contributed by atoms with Gasteiger partial charge in [-0.15, -0.1) is 0 Å². The average molecular weight is 733 g/mol. The van der Waals surface area contributed by atoms with Crippen LogP contribution in [-0.4, -0.2) is 6.04 Å². The summed E-state index contributed by atoms with van der Waals surface area (Å²) in [5, 5.41) is 0. The summed E-state index contributed by atoms with van der Waals surface area (Å²) in [5.41, 5.74) is 16.7. The molecule has 3 aliphatic carbocycles. The predicted octanol–water partition coefficient (Wildman–Crippen LogP) is 14.1. The molecule has 4 unspecified atom stereocenters. The summed E-state index contributed by atoms with van der Waals surface area (Å²) in [4.78, 5) is 5.02. The fourth-order valence-electron chi connectivity index (χ4n) is 10.6. The molecule has 1 aliphatic heterocycles. The number of rotatable bonds is 7. The molecule has 0 radical (unpaired) electrons. The van der Waals surface area contributed by atoms with Crippen molar-refractivity contribution in [2.24, 2.45) is 5.92 Å². The number of hydrogen-bond donors (Lipinski definition) is 0. The highest BCUT2D eigenvalue weighted by Crippen LogP contribution is 2.59. The third-order valence-corrected chi connectivity index (χ3v) is 13.0. The lowest BCUT2D eigenvalue weighted by Crippen LogP contribution is -2.35. The first-order valence-corrected chi connectivity index (χ1v) is 20.5. The van der Waals surface area contributed by atoms with E-state index in [1.165, 1.54) is 61.6 Å². The van der Waals surface area contributed by atoms with Crippen LogP contribution in [0.1, 0.15) is 53.0 Å². The zero-order chi connectivity index (χ0) is 37.8. The van der Waals surface area contributed by atoms with E-state index in [9.17, 15) is 0 Å². The van der Waals surface area contributed by atoms with Crippen LogP contribution in [-0.2, 0) is 5.41 Å². The number of benzene rings is 7. The lowest BCUT2D eigenvalue weighted by molar-refractivity contribution is 0.457. The van der Waals surface area contributed by atoms with Gasteiger partial charge in [0.05, 0.1) is 5.41 Å². The smallest absolute Gasteiger partial charge is 0.0529 e. The zero-order valence-corrected chi connectivity index (χ0v) is 32.0. The first-order valence-electron chi connectivity index (χ1n) is 20.5. The fraction of sp³-hybridized carbons (Fsp3) is 0.127. The van der Waals surface area contributed by atoms with Gasteiger partial charge in [0.2, 0.25) is 0 Å². The minimum atomic E-state index is -0.322. The third kappa shape index (κ3) is 5.39. The van der Waals surface area contributed by atoms with E-state index < -0.39 is 0 Å². The standard InChI is InChI=1S/C55H44N2/c1-5-17-41(18-6-1)55(42-19-7-2-8-20-42)51-27-15-13-25-47(51)48-35-34-46(38-52(48)55)56(43-21-9-3-10-22-43)45-32-29-39(30-33-45)40-31-36-54-50(37-40)49-26-14-16-28-53(49)57(54)44-23-11-4-12-24-44/h1-19,21-30,32-35,37-38,42,50,54H,20,31,36H2. The second-order valence-electron chi connectivity index (χ2n) is 15.9. The lowest BCUT2D eigenvalue weighted by Gasteiger charge is -2.40. The van der Waals surface area contributed by atoms with Crippen LogP contribution in [0, 0.1) is 5.92 Å². The maximum absolute atomic E-state index is 2.58. The molecule has 11 rings (SSSR count). The molecule has 4 aliphatic rings. The molecule has 7 aromatic carbocycles. The Hall–Kier alpha value is -6.64. The van der Waals surface area contributed by atoms with E-state index in [4.69, 9.17) is 0 Å². The van der Waals surface area contributed by atoms with Gasteiger partial charge in [-0.2, -0.15) is 0 Å². The largest absolute Gasteiger partial charge is 0.337 e. The minimum Gasteiger partial charge on any atom is -0.337 e. The summed E-state index contributed by atoms with van der Waals surface area (Å²) in [5.74, 6) is 0.641. The molecule has 2 heteroatoms. The third-order valence-electron chi connectivity index (χ3n) is 13.0. The molecule has 4 atom stereocenters. The van der Waals surface area contributed by atoms with Crippen LogP contribution < -0.4 is 9.80 Å². The number of para-hydroxylation sites is 3. The number of hydrogen-bond acceptors (Lipinski definition) is 2. The molecule has 0 N–H and O–H groups in total. The van der Waals surface area contributed by atoms with E-state index in [0.29, 0.717) is 12.0 Å². The van der Waals surface area contributed by atoms with Gasteiger partial charge in [0.1, 0.15) is 0 Å². The molecule has 0 aromatic heterocycles. The quantitative estimate of drug-likeness (QED) is 0.161. The maximum atomic E-state index is 2.58. The van der Waals surface area contributed by atoms with Crippen LogP contribution in [0.5, 0.6) is 0 Å². The second kappa shape index (κ2) is 13.8. The second-order valence-corrected chi connectivity index (χ2v) is 15.9. The van der Waals surface area contributed by atoms with Crippen LogP contribution in [0.15, 0.2) is 212 Å². The Labute approximate surface area is 336 Å². The summed E-state index contributed by atoms with van der Waals surface area (Å²) in [7, 11) is 0. The van der Waals surface area contributed by atoms with Gasteiger partial charge >= 0.3 is 0 Å². The molecule has 7 aromatic rings. The van der Waals surface area contributed by atoms with Crippen LogP contribution in [0.25, 0.3) is 16.7 Å². The summed E-state index contributed by atoms with van der Waals surface area (Å²) in [6, 6.07) is 68.1. The van der Waals surface area contributed by atoms with Gasteiger partial charge in [-0.05, 0) is 124 Å². The average Bonchev–Trinajstić information content (AvgIpc) is 3.78. The molecular weight excluding hydrogens is 689 g/mol. The molecule has 0 saturated heterocycles. The van der Waals surface area contributed by atoms with Crippen molar-refractivity contribution in [1.82, 2.24) is 0 Å². The molecular formula is C55H44N2.